The van der Waals surface area contributed by atoms with Gasteiger partial charge in [-0.2, -0.15) is 0 Å². The van der Waals surface area contributed by atoms with Gasteiger partial charge in [0.05, 0.1) is 5.02 Å². The van der Waals surface area contributed by atoms with Gasteiger partial charge in [0.25, 0.3) is 0 Å². The van der Waals surface area contributed by atoms with Crippen LogP contribution < -0.4 is 0 Å². The molecule has 1 nitrogen and oxygen atoms in total. The molecule has 0 aromatic heterocycles. The largest absolute Gasteiger partial charge is 0.506 e. The van der Waals surface area contributed by atoms with Crippen LogP contribution >= 0.6 is 46.0 Å². The molecule has 0 saturated carbocycles. The lowest BCUT2D eigenvalue weighted by atomic mass is 10.3. The molecule has 0 unspecified atom stereocenters. The number of phenols is 1. The molecule has 1 N–H and O–H groups in total. The highest BCUT2D eigenvalue weighted by atomic mass is 127. The fraction of sp³-hybridized carbons (Fsp3) is 0. The molecular formula is C12H8ClIOS. The van der Waals surface area contributed by atoms with E-state index in [2.05, 4.69) is 46.9 Å². The van der Waals surface area contributed by atoms with E-state index in [1.807, 2.05) is 6.07 Å². The van der Waals surface area contributed by atoms with Crippen LogP contribution in [0.15, 0.2) is 52.3 Å². The number of benzene rings is 2. The average molecular weight is 363 g/mol. The van der Waals surface area contributed by atoms with Gasteiger partial charge in [-0.25, -0.2) is 0 Å². The maximum atomic E-state index is 9.30. The first-order chi connectivity index (χ1) is 7.65. The summed E-state index contributed by atoms with van der Waals surface area (Å²) >= 11 is 9.73. The van der Waals surface area contributed by atoms with Crippen LogP contribution in [-0.2, 0) is 0 Å². The zero-order chi connectivity index (χ0) is 11.5. The van der Waals surface area contributed by atoms with Gasteiger partial charge >= 0.3 is 0 Å². The lowest BCUT2D eigenvalue weighted by molar-refractivity contribution is 0.475. The van der Waals surface area contributed by atoms with Crippen molar-refractivity contribution in [2.75, 3.05) is 0 Å². The number of rotatable bonds is 2. The lowest BCUT2D eigenvalue weighted by Crippen LogP contribution is -1.76. The third kappa shape index (κ3) is 3.06. The summed E-state index contributed by atoms with van der Waals surface area (Å²) in [5.41, 5.74) is 0. The molecule has 0 bridgehead atoms. The highest BCUT2D eigenvalue weighted by Crippen LogP contribution is 2.33. The average Bonchev–Trinajstić information content (AvgIpc) is 2.27. The second kappa shape index (κ2) is 5.29. The van der Waals surface area contributed by atoms with Crippen molar-refractivity contribution in [1.29, 1.82) is 0 Å². The van der Waals surface area contributed by atoms with E-state index < -0.39 is 0 Å². The summed E-state index contributed by atoms with van der Waals surface area (Å²) < 4.78 is 1.21. The summed E-state index contributed by atoms with van der Waals surface area (Å²) in [6, 6.07) is 13.5. The topological polar surface area (TPSA) is 20.2 Å². The van der Waals surface area contributed by atoms with Crippen molar-refractivity contribution in [2.45, 2.75) is 9.79 Å². The molecule has 0 fully saturated rings. The van der Waals surface area contributed by atoms with Gasteiger partial charge in [-0.05, 0) is 65.1 Å². The van der Waals surface area contributed by atoms with Crippen molar-refractivity contribution in [3.8, 4) is 5.75 Å². The SMILES string of the molecule is Oc1ccc(Sc2ccc(I)cc2)cc1Cl. The third-order valence-electron chi connectivity index (χ3n) is 1.97. The minimum absolute atomic E-state index is 0.119. The van der Waals surface area contributed by atoms with Crippen LogP contribution in [0.2, 0.25) is 5.02 Å². The summed E-state index contributed by atoms with van der Waals surface area (Å²) in [7, 11) is 0. The number of hydrogen-bond donors (Lipinski definition) is 1. The molecule has 16 heavy (non-hydrogen) atoms. The summed E-state index contributed by atoms with van der Waals surface area (Å²) in [6.45, 7) is 0. The highest BCUT2D eigenvalue weighted by Gasteiger charge is 2.01. The van der Waals surface area contributed by atoms with E-state index in [-0.39, 0.29) is 5.75 Å². The van der Waals surface area contributed by atoms with Gasteiger partial charge in [-0.1, -0.05) is 23.4 Å². The first-order valence-corrected chi connectivity index (χ1v) is 6.84. The van der Waals surface area contributed by atoms with Crippen molar-refractivity contribution in [1.82, 2.24) is 0 Å². The Morgan fingerprint density at radius 3 is 2.25 bits per heavy atom. The van der Waals surface area contributed by atoms with Gasteiger partial charge in [0.2, 0.25) is 0 Å². The minimum Gasteiger partial charge on any atom is -0.506 e. The predicted molar refractivity (Wildman–Crippen MR) is 76.4 cm³/mol. The molecule has 0 aliphatic carbocycles. The number of aromatic hydroxyl groups is 1. The molecule has 2 rings (SSSR count). The fourth-order valence-electron chi connectivity index (χ4n) is 1.19. The normalized spacial score (nSPS) is 10.4. The van der Waals surface area contributed by atoms with Gasteiger partial charge in [0.15, 0.2) is 0 Å². The standard InChI is InChI=1S/C12H8ClIOS/c13-11-7-10(5-6-12(11)15)16-9-3-1-8(14)2-4-9/h1-7,15H. The lowest BCUT2D eigenvalue weighted by Gasteiger charge is -2.03. The van der Waals surface area contributed by atoms with Gasteiger partial charge in [0, 0.05) is 13.4 Å². The van der Waals surface area contributed by atoms with Crippen molar-refractivity contribution in [3.05, 3.63) is 51.1 Å². The molecule has 2 aromatic carbocycles. The highest BCUT2D eigenvalue weighted by molar-refractivity contribution is 14.1. The third-order valence-corrected chi connectivity index (χ3v) is 3.99. The van der Waals surface area contributed by atoms with Gasteiger partial charge in [0.1, 0.15) is 5.75 Å². The molecule has 0 aliphatic rings. The van der Waals surface area contributed by atoms with Crippen LogP contribution in [-0.4, -0.2) is 5.11 Å². The monoisotopic (exact) mass is 362 g/mol. The smallest absolute Gasteiger partial charge is 0.134 e. The second-order valence-corrected chi connectivity index (χ2v) is 5.97. The first-order valence-electron chi connectivity index (χ1n) is 4.57. The quantitative estimate of drug-likeness (QED) is 0.774. The Hall–Kier alpha value is -0.390. The van der Waals surface area contributed by atoms with Crippen molar-refractivity contribution < 1.29 is 5.11 Å². The van der Waals surface area contributed by atoms with Crippen molar-refractivity contribution in [2.24, 2.45) is 0 Å². The number of hydrogen-bond acceptors (Lipinski definition) is 2. The summed E-state index contributed by atoms with van der Waals surface area (Å²) in [6.07, 6.45) is 0. The molecule has 0 aliphatic heterocycles. The Morgan fingerprint density at radius 2 is 1.62 bits per heavy atom. The molecular weight excluding hydrogens is 355 g/mol. The van der Waals surface area contributed by atoms with Crippen LogP contribution in [0, 0.1) is 3.57 Å². The minimum atomic E-state index is 0.119. The Labute approximate surface area is 117 Å². The Bertz CT molecular complexity index is 499. The van der Waals surface area contributed by atoms with Gasteiger partial charge in [-0.3, -0.25) is 0 Å². The molecule has 0 atom stereocenters. The van der Waals surface area contributed by atoms with Crippen molar-refractivity contribution >= 4 is 46.0 Å². The van der Waals surface area contributed by atoms with E-state index in [4.69, 9.17) is 11.6 Å². The van der Waals surface area contributed by atoms with Crippen LogP contribution in [0.3, 0.4) is 0 Å². The first kappa shape index (κ1) is 12.1. The molecule has 0 saturated heterocycles. The van der Waals surface area contributed by atoms with Gasteiger partial charge in [-0.15, -0.1) is 0 Å². The molecule has 0 heterocycles. The molecule has 0 spiro atoms. The van der Waals surface area contributed by atoms with E-state index >= 15 is 0 Å². The van der Waals surface area contributed by atoms with E-state index in [0.717, 1.165) is 9.79 Å². The molecule has 82 valence electrons. The fourth-order valence-corrected chi connectivity index (χ4v) is 2.65. The number of phenolic OH excluding ortho intramolecular Hbond substituents is 1. The number of halogens is 2. The van der Waals surface area contributed by atoms with Crippen LogP contribution in [0.25, 0.3) is 0 Å². The maximum Gasteiger partial charge on any atom is 0.134 e. The predicted octanol–water partition coefficient (Wildman–Crippen LogP) is 4.80. The summed E-state index contributed by atoms with van der Waals surface area (Å²) in [4.78, 5) is 2.17. The van der Waals surface area contributed by atoms with E-state index in [9.17, 15) is 5.11 Å². The van der Waals surface area contributed by atoms with Crippen LogP contribution in [0.1, 0.15) is 0 Å². The van der Waals surface area contributed by atoms with E-state index in [0.29, 0.717) is 5.02 Å². The molecule has 0 amide bonds. The Morgan fingerprint density at radius 1 is 1.00 bits per heavy atom. The van der Waals surface area contributed by atoms with Crippen LogP contribution in [0.5, 0.6) is 5.75 Å². The molecule has 4 heteroatoms. The van der Waals surface area contributed by atoms with Crippen LogP contribution in [0.4, 0.5) is 0 Å². The Balaban J connectivity index is 2.20. The van der Waals surface area contributed by atoms with E-state index in [1.54, 1.807) is 23.9 Å². The maximum absolute atomic E-state index is 9.30. The summed E-state index contributed by atoms with van der Waals surface area (Å²) in [5, 5.41) is 9.69. The summed E-state index contributed by atoms with van der Waals surface area (Å²) in [5.74, 6) is 0.119. The van der Waals surface area contributed by atoms with E-state index in [1.165, 1.54) is 3.57 Å². The second-order valence-electron chi connectivity index (χ2n) is 3.17. The van der Waals surface area contributed by atoms with Crippen molar-refractivity contribution in [3.63, 3.8) is 0 Å². The Kier molecular flexibility index (Phi) is 4.00. The molecule has 2 aromatic rings. The zero-order valence-electron chi connectivity index (χ0n) is 8.15. The molecule has 0 radical (unpaired) electrons. The van der Waals surface area contributed by atoms with Gasteiger partial charge < -0.3 is 5.11 Å². The zero-order valence-corrected chi connectivity index (χ0v) is 11.9.